The molecule has 4 nitrogen and oxygen atoms in total. The molecule has 2 aromatic rings. The Hall–Kier alpha value is -1.76. The van der Waals surface area contributed by atoms with Crippen LogP contribution in [-0.2, 0) is 6.18 Å². The van der Waals surface area contributed by atoms with Gasteiger partial charge in [0.1, 0.15) is 0 Å². The van der Waals surface area contributed by atoms with E-state index < -0.39 is 23.5 Å². The zero-order valence-electron chi connectivity index (χ0n) is 10.2. The van der Waals surface area contributed by atoms with Crippen molar-refractivity contribution in [3.8, 4) is 0 Å². The van der Waals surface area contributed by atoms with E-state index in [0.717, 1.165) is 12.1 Å². The van der Waals surface area contributed by atoms with Gasteiger partial charge in [-0.15, -0.1) is 0 Å². The predicted octanol–water partition coefficient (Wildman–Crippen LogP) is 2.29. The highest BCUT2D eigenvalue weighted by molar-refractivity contribution is 5.76. The highest BCUT2D eigenvalue weighted by Gasteiger charge is 2.31. The first kappa shape index (κ1) is 13.7. The molecular weight excluding hydrogens is 261 g/mol. The number of fused-ring (bicyclic) bond motifs is 1. The number of hydrogen-bond donors (Lipinski definition) is 2. The Bertz CT molecular complexity index is 638. The van der Waals surface area contributed by atoms with Crippen molar-refractivity contribution in [3.63, 3.8) is 0 Å². The molecule has 0 saturated carbocycles. The molecule has 7 heteroatoms. The van der Waals surface area contributed by atoms with E-state index in [1.54, 1.807) is 6.92 Å². The smallest absolute Gasteiger partial charge is 0.394 e. The Labute approximate surface area is 106 Å². The number of halogens is 3. The van der Waals surface area contributed by atoms with E-state index in [0.29, 0.717) is 11.9 Å². The first-order valence-electron chi connectivity index (χ1n) is 5.80. The maximum atomic E-state index is 12.6. The van der Waals surface area contributed by atoms with Gasteiger partial charge in [-0.3, -0.25) is 4.57 Å². The fourth-order valence-corrected chi connectivity index (χ4v) is 2.06. The molecule has 0 radical (unpaired) electrons. The van der Waals surface area contributed by atoms with Gasteiger partial charge in [-0.1, -0.05) is 6.92 Å². The van der Waals surface area contributed by atoms with Gasteiger partial charge in [0.15, 0.2) is 0 Å². The van der Waals surface area contributed by atoms with E-state index >= 15 is 0 Å². The van der Waals surface area contributed by atoms with Gasteiger partial charge in [0, 0.05) is 0 Å². The fraction of sp³-hybridized carbons (Fsp3) is 0.417. The van der Waals surface area contributed by atoms with Gasteiger partial charge in [-0.25, -0.2) is 4.79 Å². The minimum absolute atomic E-state index is 0.117. The van der Waals surface area contributed by atoms with Crippen molar-refractivity contribution in [3.05, 3.63) is 34.2 Å². The van der Waals surface area contributed by atoms with Crippen LogP contribution < -0.4 is 5.69 Å². The largest absolute Gasteiger partial charge is 0.416 e. The van der Waals surface area contributed by atoms with E-state index in [2.05, 4.69) is 4.98 Å². The van der Waals surface area contributed by atoms with Gasteiger partial charge >= 0.3 is 11.9 Å². The van der Waals surface area contributed by atoms with Crippen molar-refractivity contribution in [1.82, 2.24) is 9.55 Å². The summed E-state index contributed by atoms with van der Waals surface area (Å²) in [5.74, 6) is 0. The average molecular weight is 274 g/mol. The molecule has 0 saturated heterocycles. The molecule has 2 rings (SSSR count). The lowest BCUT2D eigenvalue weighted by Gasteiger charge is -2.13. The Balaban J connectivity index is 2.64. The van der Waals surface area contributed by atoms with Crippen molar-refractivity contribution in [2.24, 2.45) is 0 Å². The number of aliphatic hydroxyl groups is 1. The Morgan fingerprint density at radius 2 is 2.11 bits per heavy atom. The molecular formula is C12H13F3N2O2. The second-order valence-corrected chi connectivity index (χ2v) is 4.27. The summed E-state index contributed by atoms with van der Waals surface area (Å²) < 4.78 is 39.0. The third-order valence-corrected chi connectivity index (χ3v) is 3.09. The van der Waals surface area contributed by atoms with Gasteiger partial charge < -0.3 is 10.1 Å². The van der Waals surface area contributed by atoms with Gasteiger partial charge in [0.2, 0.25) is 0 Å². The SMILES string of the molecule is CCC(CO)n1c(=O)[nH]c2cc(C(F)(F)F)ccc21. The van der Waals surface area contributed by atoms with Crippen molar-refractivity contribution in [2.75, 3.05) is 6.61 Å². The minimum atomic E-state index is -4.45. The standard InChI is InChI=1S/C12H13F3N2O2/c1-2-8(6-18)17-10-4-3-7(12(13,14)15)5-9(10)16-11(17)19/h3-5,8,18H,2,6H2,1H3,(H,16,19). The normalized spacial score (nSPS) is 13.9. The van der Waals surface area contributed by atoms with Gasteiger partial charge in [0.05, 0.1) is 29.2 Å². The summed E-state index contributed by atoms with van der Waals surface area (Å²) in [4.78, 5) is 14.2. The van der Waals surface area contributed by atoms with Crippen LogP contribution in [0, 0.1) is 0 Å². The zero-order valence-corrected chi connectivity index (χ0v) is 10.2. The van der Waals surface area contributed by atoms with Crippen molar-refractivity contribution in [2.45, 2.75) is 25.6 Å². The molecule has 0 bridgehead atoms. The highest BCUT2D eigenvalue weighted by atomic mass is 19.4. The molecule has 1 heterocycles. The molecule has 0 fully saturated rings. The lowest BCUT2D eigenvalue weighted by Crippen LogP contribution is -2.24. The summed E-state index contributed by atoms with van der Waals surface area (Å²) in [6.45, 7) is 1.54. The molecule has 1 unspecified atom stereocenters. The number of imidazole rings is 1. The minimum Gasteiger partial charge on any atom is -0.394 e. The molecule has 0 spiro atoms. The molecule has 104 valence electrons. The molecule has 0 aliphatic rings. The van der Waals surface area contributed by atoms with E-state index in [-0.39, 0.29) is 12.1 Å². The monoisotopic (exact) mass is 274 g/mol. The van der Waals surface area contributed by atoms with Crippen LogP contribution in [0.1, 0.15) is 24.9 Å². The van der Waals surface area contributed by atoms with Crippen molar-refractivity contribution < 1.29 is 18.3 Å². The topological polar surface area (TPSA) is 58.0 Å². The molecule has 1 aromatic heterocycles. The number of hydrogen-bond acceptors (Lipinski definition) is 2. The quantitative estimate of drug-likeness (QED) is 0.902. The van der Waals surface area contributed by atoms with E-state index in [1.165, 1.54) is 10.6 Å². The third-order valence-electron chi connectivity index (χ3n) is 3.09. The number of nitrogens with one attached hydrogen (secondary N) is 1. The number of alkyl halides is 3. The number of aromatic amines is 1. The van der Waals surface area contributed by atoms with E-state index in [9.17, 15) is 23.1 Å². The van der Waals surface area contributed by atoms with Crippen LogP contribution in [-0.4, -0.2) is 21.3 Å². The molecule has 2 N–H and O–H groups in total. The maximum Gasteiger partial charge on any atom is 0.416 e. The highest BCUT2D eigenvalue weighted by Crippen LogP contribution is 2.31. The number of nitrogens with zero attached hydrogens (tertiary/aromatic N) is 1. The zero-order chi connectivity index (χ0) is 14.2. The van der Waals surface area contributed by atoms with Crippen LogP contribution in [0.15, 0.2) is 23.0 Å². The Kier molecular flexibility index (Phi) is 3.40. The number of rotatable bonds is 3. The first-order chi connectivity index (χ1) is 8.88. The number of aromatic nitrogens is 2. The third kappa shape index (κ3) is 2.37. The molecule has 0 aliphatic heterocycles. The lowest BCUT2D eigenvalue weighted by molar-refractivity contribution is -0.137. The Morgan fingerprint density at radius 1 is 1.42 bits per heavy atom. The molecule has 1 aromatic carbocycles. The number of H-pyrrole nitrogens is 1. The van der Waals surface area contributed by atoms with Crippen LogP contribution in [0.4, 0.5) is 13.2 Å². The van der Waals surface area contributed by atoms with Crippen LogP contribution in [0.5, 0.6) is 0 Å². The van der Waals surface area contributed by atoms with Crippen LogP contribution in [0.3, 0.4) is 0 Å². The lowest BCUT2D eigenvalue weighted by atomic mass is 10.1. The van der Waals surface area contributed by atoms with E-state index in [4.69, 9.17) is 0 Å². The summed E-state index contributed by atoms with van der Waals surface area (Å²) in [5.41, 5.74) is -0.855. The number of aliphatic hydroxyl groups excluding tert-OH is 1. The van der Waals surface area contributed by atoms with Gasteiger partial charge in [-0.05, 0) is 24.6 Å². The van der Waals surface area contributed by atoms with Crippen LogP contribution in [0.2, 0.25) is 0 Å². The van der Waals surface area contributed by atoms with Crippen LogP contribution >= 0.6 is 0 Å². The summed E-state index contributed by atoms with van der Waals surface area (Å²) in [6, 6.07) is 2.63. The molecule has 19 heavy (non-hydrogen) atoms. The van der Waals surface area contributed by atoms with Crippen LogP contribution in [0.25, 0.3) is 11.0 Å². The van der Waals surface area contributed by atoms with Crippen molar-refractivity contribution in [1.29, 1.82) is 0 Å². The predicted molar refractivity (Wildman–Crippen MR) is 64.0 cm³/mol. The summed E-state index contributed by atoms with van der Waals surface area (Å²) in [7, 11) is 0. The summed E-state index contributed by atoms with van der Waals surface area (Å²) >= 11 is 0. The van der Waals surface area contributed by atoms with Gasteiger partial charge in [0.25, 0.3) is 0 Å². The summed E-state index contributed by atoms with van der Waals surface area (Å²) in [5, 5.41) is 9.21. The molecule has 0 amide bonds. The fourth-order valence-electron chi connectivity index (χ4n) is 2.06. The average Bonchev–Trinajstić information content (AvgIpc) is 2.66. The van der Waals surface area contributed by atoms with Gasteiger partial charge in [-0.2, -0.15) is 13.2 Å². The molecule has 0 aliphatic carbocycles. The first-order valence-corrected chi connectivity index (χ1v) is 5.80. The maximum absolute atomic E-state index is 12.6. The van der Waals surface area contributed by atoms with Crippen molar-refractivity contribution >= 4 is 11.0 Å². The van der Waals surface area contributed by atoms with E-state index in [1.807, 2.05) is 0 Å². The Morgan fingerprint density at radius 3 is 2.63 bits per heavy atom. The number of benzene rings is 1. The second-order valence-electron chi connectivity index (χ2n) is 4.27. The molecule has 1 atom stereocenters. The summed E-state index contributed by atoms with van der Waals surface area (Å²) in [6.07, 6.45) is -3.95. The second kappa shape index (κ2) is 4.73.